The van der Waals surface area contributed by atoms with Crippen molar-refractivity contribution in [3.63, 3.8) is 0 Å². The van der Waals surface area contributed by atoms with Crippen LogP contribution in [0.1, 0.15) is 10.6 Å². The molecule has 1 amide bonds. The first kappa shape index (κ1) is 18.8. The predicted octanol–water partition coefficient (Wildman–Crippen LogP) is 3.79. The lowest BCUT2D eigenvalue weighted by Gasteiger charge is -2.05. The molecule has 3 aromatic rings. The van der Waals surface area contributed by atoms with Crippen molar-refractivity contribution >= 4 is 23.3 Å². The first-order valence-corrected chi connectivity index (χ1v) is 7.99. The van der Waals surface area contributed by atoms with Crippen molar-refractivity contribution in [1.29, 1.82) is 0 Å². The number of non-ortho nitro benzene ring substituents is 1. The van der Waals surface area contributed by atoms with Crippen LogP contribution >= 0.6 is 0 Å². The molecule has 142 valence electrons. The zero-order valence-electron chi connectivity index (χ0n) is 14.3. The largest absolute Gasteiger partial charge is 0.450 e. The molecule has 0 radical (unpaired) electrons. The van der Waals surface area contributed by atoms with Gasteiger partial charge in [0.2, 0.25) is 5.76 Å². The van der Waals surface area contributed by atoms with Crippen molar-refractivity contribution in [2.75, 3.05) is 11.9 Å². The van der Waals surface area contributed by atoms with Crippen molar-refractivity contribution in [3.05, 3.63) is 82.4 Å². The molecule has 8 nitrogen and oxygen atoms in total. The summed E-state index contributed by atoms with van der Waals surface area (Å²) < 4.78 is 23.2. The smallest absolute Gasteiger partial charge is 0.374 e. The summed E-state index contributed by atoms with van der Waals surface area (Å²) in [6.45, 7) is -0.567. The minimum atomic E-state index is -0.841. The van der Waals surface area contributed by atoms with E-state index in [1.165, 1.54) is 60.7 Å². The van der Waals surface area contributed by atoms with Crippen LogP contribution in [0.25, 0.3) is 11.3 Å². The van der Waals surface area contributed by atoms with E-state index in [0.717, 1.165) is 0 Å². The van der Waals surface area contributed by atoms with E-state index in [2.05, 4.69) is 5.32 Å². The number of carbonyl (C=O) groups is 2. The molecule has 0 aliphatic rings. The molecule has 0 aliphatic carbocycles. The van der Waals surface area contributed by atoms with Gasteiger partial charge in [-0.25, -0.2) is 9.18 Å². The zero-order chi connectivity index (χ0) is 20.1. The van der Waals surface area contributed by atoms with Gasteiger partial charge in [0.1, 0.15) is 11.6 Å². The average molecular weight is 384 g/mol. The number of hydrogen-bond donors (Lipinski definition) is 1. The van der Waals surface area contributed by atoms with Gasteiger partial charge in [0.25, 0.3) is 11.6 Å². The van der Waals surface area contributed by atoms with Gasteiger partial charge in [0.05, 0.1) is 4.92 Å². The fourth-order valence-electron chi connectivity index (χ4n) is 2.28. The number of rotatable bonds is 6. The Morgan fingerprint density at radius 2 is 1.71 bits per heavy atom. The van der Waals surface area contributed by atoms with Gasteiger partial charge < -0.3 is 14.5 Å². The summed E-state index contributed by atoms with van der Waals surface area (Å²) in [7, 11) is 0. The second-order valence-corrected chi connectivity index (χ2v) is 5.60. The van der Waals surface area contributed by atoms with E-state index in [9.17, 15) is 24.1 Å². The number of carbonyl (C=O) groups excluding carboxylic acids is 2. The molecule has 1 N–H and O–H groups in total. The van der Waals surface area contributed by atoms with Gasteiger partial charge in [-0.15, -0.1) is 0 Å². The Hall–Kier alpha value is -4.01. The molecule has 9 heteroatoms. The number of esters is 1. The third kappa shape index (κ3) is 4.58. The zero-order valence-corrected chi connectivity index (χ0v) is 14.3. The third-order valence-corrected chi connectivity index (χ3v) is 3.63. The summed E-state index contributed by atoms with van der Waals surface area (Å²) >= 11 is 0. The summed E-state index contributed by atoms with van der Waals surface area (Å²) in [6, 6.07) is 13.6. The highest BCUT2D eigenvalue weighted by Gasteiger charge is 2.16. The van der Waals surface area contributed by atoms with Gasteiger partial charge in [-0.1, -0.05) is 0 Å². The molecule has 0 bridgehead atoms. The number of benzene rings is 2. The lowest BCUT2D eigenvalue weighted by atomic mass is 10.2. The molecular formula is C19H13FN2O6. The highest BCUT2D eigenvalue weighted by Crippen LogP contribution is 2.23. The molecular weight excluding hydrogens is 371 g/mol. The maximum atomic E-state index is 13.0. The summed E-state index contributed by atoms with van der Waals surface area (Å²) in [6.07, 6.45) is 0. The van der Waals surface area contributed by atoms with Gasteiger partial charge in [-0.3, -0.25) is 14.9 Å². The van der Waals surface area contributed by atoms with Gasteiger partial charge in [-0.2, -0.15) is 0 Å². The van der Waals surface area contributed by atoms with E-state index in [0.29, 0.717) is 17.0 Å². The number of anilines is 1. The van der Waals surface area contributed by atoms with Crippen LogP contribution in [0.2, 0.25) is 0 Å². The standard InChI is InChI=1S/C19H13FN2O6/c20-13-3-1-12(2-4-13)16-9-10-17(28-16)19(24)27-11-18(23)21-14-5-7-15(8-6-14)22(25)26/h1-10H,11H2,(H,21,23). The molecule has 0 spiro atoms. The molecule has 0 saturated heterocycles. The van der Waals surface area contributed by atoms with Crippen LogP contribution in [0, 0.1) is 15.9 Å². The van der Waals surface area contributed by atoms with Crippen molar-refractivity contribution < 1.29 is 28.1 Å². The van der Waals surface area contributed by atoms with Crippen LogP contribution in [-0.4, -0.2) is 23.4 Å². The SMILES string of the molecule is O=C(COC(=O)c1ccc(-c2ccc(F)cc2)o1)Nc1ccc([N+](=O)[O-])cc1. The maximum absolute atomic E-state index is 13.0. The number of ether oxygens (including phenoxy) is 1. The Bertz CT molecular complexity index is 1010. The van der Waals surface area contributed by atoms with Crippen LogP contribution < -0.4 is 5.32 Å². The molecule has 28 heavy (non-hydrogen) atoms. The lowest BCUT2D eigenvalue weighted by molar-refractivity contribution is -0.384. The Labute approximate surface area is 157 Å². The number of nitro groups is 1. The molecule has 0 atom stereocenters. The number of nitrogens with one attached hydrogen (secondary N) is 1. The first-order chi connectivity index (χ1) is 13.4. The van der Waals surface area contributed by atoms with E-state index in [-0.39, 0.29) is 11.4 Å². The van der Waals surface area contributed by atoms with Crippen molar-refractivity contribution in [2.24, 2.45) is 0 Å². The van der Waals surface area contributed by atoms with Gasteiger partial charge in [0, 0.05) is 23.4 Å². The second kappa shape index (κ2) is 8.12. The van der Waals surface area contributed by atoms with E-state index in [4.69, 9.17) is 9.15 Å². The average Bonchev–Trinajstić information content (AvgIpc) is 3.17. The molecule has 3 rings (SSSR count). The Morgan fingerprint density at radius 3 is 2.36 bits per heavy atom. The highest BCUT2D eigenvalue weighted by molar-refractivity contribution is 5.94. The predicted molar refractivity (Wildman–Crippen MR) is 96.1 cm³/mol. The van der Waals surface area contributed by atoms with Crippen molar-refractivity contribution in [2.45, 2.75) is 0 Å². The molecule has 0 aliphatic heterocycles. The van der Waals surface area contributed by atoms with Crippen LogP contribution in [0.4, 0.5) is 15.8 Å². The highest BCUT2D eigenvalue weighted by atomic mass is 19.1. The number of halogens is 1. The summed E-state index contributed by atoms with van der Waals surface area (Å²) in [5.74, 6) is -1.61. The van der Waals surface area contributed by atoms with Crippen LogP contribution in [0.3, 0.4) is 0 Å². The third-order valence-electron chi connectivity index (χ3n) is 3.63. The van der Waals surface area contributed by atoms with E-state index in [1.807, 2.05) is 0 Å². The molecule has 1 heterocycles. The normalized spacial score (nSPS) is 10.3. The fraction of sp³-hybridized carbons (Fsp3) is 0.0526. The van der Waals surface area contributed by atoms with Gasteiger partial charge >= 0.3 is 5.97 Å². The van der Waals surface area contributed by atoms with E-state index >= 15 is 0 Å². The first-order valence-electron chi connectivity index (χ1n) is 7.99. The molecule has 0 unspecified atom stereocenters. The van der Waals surface area contributed by atoms with E-state index < -0.39 is 29.2 Å². The lowest BCUT2D eigenvalue weighted by Crippen LogP contribution is -2.20. The molecule has 0 fully saturated rings. The Morgan fingerprint density at radius 1 is 1.04 bits per heavy atom. The quantitative estimate of drug-likeness (QED) is 0.393. The Kier molecular flexibility index (Phi) is 5.45. The number of hydrogen-bond acceptors (Lipinski definition) is 6. The fourth-order valence-corrected chi connectivity index (χ4v) is 2.28. The maximum Gasteiger partial charge on any atom is 0.374 e. The minimum Gasteiger partial charge on any atom is -0.450 e. The van der Waals surface area contributed by atoms with Crippen molar-refractivity contribution in [1.82, 2.24) is 0 Å². The summed E-state index contributed by atoms with van der Waals surface area (Å²) in [5.41, 5.74) is 0.791. The van der Waals surface area contributed by atoms with Crippen LogP contribution in [-0.2, 0) is 9.53 Å². The van der Waals surface area contributed by atoms with Crippen LogP contribution in [0.5, 0.6) is 0 Å². The monoisotopic (exact) mass is 384 g/mol. The summed E-state index contributed by atoms with van der Waals surface area (Å²) in [5, 5.41) is 13.0. The van der Waals surface area contributed by atoms with Crippen LogP contribution in [0.15, 0.2) is 65.1 Å². The topological polar surface area (TPSA) is 112 Å². The number of furan rings is 1. The number of nitrogens with zero attached hydrogens (tertiary/aromatic N) is 1. The van der Waals surface area contributed by atoms with Gasteiger partial charge in [0.15, 0.2) is 6.61 Å². The minimum absolute atomic E-state index is 0.109. The summed E-state index contributed by atoms with van der Waals surface area (Å²) in [4.78, 5) is 33.9. The molecule has 2 aromatic carbocycles. The van der Waals surface area contributed by atoms with Gasteiger partial charge in [-0.05, 0) is 48.5 Å². The number of nitro benzene ring substituents is 1. The Balaban J connectivity index is 1.54. The molecule has 0 saturated carbocycles. The molecule has 1 aromatic heterocycles. The van der Waals surface area contributed by atoms with E-state index in [1.54, 1.807) is 0 Å². The van der Waals surface area contributed by atoms with Crippen molar-refractivity contribution in [3.8, 4) is 11.3 Å². The number of amides is 1. The second-order valence-electron chi connectivity index (χ2n) is 5.60.